The van der Waals surface area contributed by atoms with E-state index in [1.807, 2.05) is 31.2 Å². The van der Waals surface area contributed by atoms with Crippen LogP contribution in [0.5, 0.6) is 5.75 Å². The number of nitrogens with two attached hydrogens (primary N) is 1. The Morgan fingerprint density at radius 1 is 1.25 bits per heavy atom. The van der Waals surface area contributed by atoms with Gasteiger partial charge in [0.05, 0.1) is 6.61 Å². The van der Waals surface area contributed by atoms with Gasteiger partial charge >= 0.3 is 0 Å². The summed E-state index contributed by atoms with van der Waals surface area (Å²) < 4.78 is 10.6. The molecule has 1 aromatic carbocycles. The molecule has 0 bridgehead atoms. The summed E-state index contributed by atoms with van der Waals surface area (Å²) in [6.07, 6.45) is 2.04. The molecule has 0 heterocycles. The summed E-state index contributed by atoms with van der Waals surface area (Å²) in [5, 5.41) is 0. The zero-order chi connectivity index (χ0) is 11.8. The van der Waals surface area contributed by atoms with Gasteiger partial charge in [-0.1, -0.05) is 12.1 Å². The fourth-order valence-electron chi connectivity index (χ4n) is 1.43. The summed E-state index contributed by atoms with van der Waals surface area (Å²) >= 11 is 0. The van der Waals surface area contributed by atoms with Crippen LogP contribution in [-0.4, -0.2) is 20.3 Å². The molecule has 1 rings (SSSR count). The zero-order valence-electron chi connectivity index (χ0n) is 10.1. The molecule has 0 saturated heterocycles. The van der Waals surface area contributed by atoms with E-state index in [4.69, 9.17) is 15.2 Å². The average molecular weight is 223 g/mol. The molecule has 0 amide bonds. The molecular weight excluding hydrogens is 202 g/mol. The van der Waals surface area contributed by atoms with Gasteiger partial charge in [-0.2, -0.15) is 0 Å². The Bertz CT molecular complexity index is 300. The first-order valence-electron chi connectivity index (χ1n) is 5.71. The summed E-state index contributed by atoms with van der Waals surface area (Å²) in [5.41, 5.74) is 6.91. The Morgan fingerprint density at radius 2 is 2.00 bits per heavy atom. The van der Waals surface area contributed by atoms with Crippen LogP contribution in [0.3, 0.4) is 0 Å². The van der Waals surface area contributed by atoms with E-state index in [1.165, 1.54) is 0 Å². The van der Waals surface area contributed by atoms with Gasteiger partial charge in [-0.25, -0.2) is 0 Å². The van der Waals surface area contributed by atoms with E-state index in [0.717, 1.165) is 37.4 Å². The van der Waals surface area contributed by atoms with Gasteiger partial charge in [-0.15, -0.1) is 0 Å². The highest BCUT2D eigenvalue weighted by molar-refractivity contribution is 5.30. The van der Waals surface area contributed by atoms with Gasteiger partial charge in [-0.05, 0) is 37.5 Å². The van der Waals surface area contributed by atoms with E-state index in [-0.39, 0.29) is 6.04 Å². The van der Waals surface area contributed by atoms with E-state index >= 15 is 0 Å². The van der Waals surface area contributed by atoms with E-state index in [9.17, 15) is 0 Å². The predicted molar refractivity (Wildman–Crippen MR) is 65.6 cm³/mol. The molecule has 1 aromatic rings. The number of benzene rings is 1. The largest absolute Gasteiger partial charge is 0.494 e. The molecular formula is C13H21NO2. The molecule has 3 heteroatoms. The molecule has 0 aliphatic heterocycles. The summed E-state index contributed by atoms with van der Waals surface area (Å²) in [5.74, 6) is 0.896. The Hall–Kier alpha value is -1.06. The molecule has 90 valence electrons. The molecule has 0 fully saturated rings. The molecule has 16 heavy (non-hydrogen) atoms. The van der Waals surface area contributed by atoms with Crippen molar-refractivity contribution >= 4 is 0 Å². The third-order valence-electron chi connectivity index (χ3n) is 2.40. The van der Waals surface area contributed by atoms with Crippen LogP contribution in [0.2, 0.25) is 0 Å². The lowest BCUT2D eigenvalue weighted by molar-refractivity contribution is 0.184. The summed E-state index contributed by atoms with van der Waals surface area (Å²) in [4.78, 5) is 0. The van der Waals surface area contributed by atoms with Crippen LogP contribution in [0.1, 0.15) is 31.4 Å². The summed E-state index contributed by atoms with van der Waals surface area (Å²) in [6.45, 7) is 3.49. The monoisotopic (exact) mass is 223 g/mol. The Balaban J connectivity index is 2.33. The lowest BCUT2D eigenvalue weighted by Crippen LogP contribution is -2.05. The third-order valence-corrected chi connectivity index (χ3v) is 2.40. The van der Waals surface area contributed by atoms with Crippen LogP contribution in [-0.2, 0) is 4.74 Å². The third kappa shape index (κ3) is 4.64. The Morgan fingerprint density at radius 3 is 2.69 bits per heavy atom. The van der Waals surface area contributed by atoms with Gasteiger partial charge < -0.3 is 15.2 Å². The van der Waals surface area contributed by atoms with Gasteiger partial charge in [-0.3, -0.25) is 0 Å². The van der Waals surface area contributed by atoms with E-state index in [2.05, 4.69) is 0 Å². The van der Waals surface area contributed by atoms with Crippen LogP contribution in [0, 0.1) is 0 Å². The Kier molecular flexibility index (Phi) is 5.90. The first-order chi connectivity index (χ1) is 7.74. The zero-order valence-corrected chi connectivity index (χ0v) is 10.1. The number of rotatable bonds is 7. The number of ether oxygens (including phenoxy) is 2. The minimum atomic E-state index is 0.0528. The van der Waals surface area contributed by atoms with Crippen molar-refractivity contribution in [3.8, 4) is 5.75 Å². The average Bonchev–Trinajstić information content (AvgIpc) is 2.29. The highest BCUT2D eigenvalue weighted by Crippen LogP contribution is 2.17. The molecule has 0 aliphatic carbocycles. The van der Waals surface area contributed by atoms with Crippen LogP contribution in [0.25, 0.3) is 0 Å². The minimum absolute atomic E-state index is 0.0528. The molecule has 3 nitrogen and oxygen atoms in total. The molecule has 1 atom stereocenters. The van der Waals surface area contributed by atoms with Crippen molar-refractivity contribution in [2.24, 2.45) is 5.73 Å². The standard InChI is InChI=1S/C13H21NO2/c1-11(14)12-6-5-7-13(10-12)16-9-4-3-8-15-2/h5-7,10-11H,3-4,8-9,14H2,1-2H3. The van der Waals surface area contributed by atoms with Crippen molar-refractivity contribution in [2.45, 2.75) is 25.8 Å². The summed E-state index contributed by atoms with van der Waals surface area (Å²) in [6, 6.07) is 8.01. The fourth-order valence-corrected chi connectivity index (χ4v) is 1.43. The molecule has 2 N–H and O–H groups in total. The lowest BCUT2D eigenvalue weighted by atomic mass is 10.1. The number of hydrogen-bond donors (Lipinski definition) is 1. The maximum absolute atomic E-state index is 5.80. The van der Waals surface area contributed by atoms with Crippen molar-refractivity contribution < 1.29 is 9.47 Å². The van der Waals surface area contributed by atoms with Crippen molar-refractivity contribution in [3.05, 3.63) is 29.8 Å². The second-order valence-electron chi connectivity index (χ2n) is 3.91. The van der Waals surface area contributed by atoms with Gasteiger partial charge in [0.25, 0.3) is 0 Å². The van der Waals surface area contributed by atoms with Crippen molar-refractivity contribution in [2.75, 3.05) is 20.3 Å². The SMILES string of the molecule is COCCCCOc1cccc(C(C)N)c1. The molecule has 0 radical (unpaired) electrons. The number of hydrogen-bond acceptors (Lipinski definition) is 3. The molecule has 1 unspecified atom stereocenters. The lowest BCUT2D eigenvalue weighted by Gasteiger charge is -2.09. The van der Waals surface area contributed by atoms with Crippen LogP contribution in [0.15, 0.2) is 24.3 Å². The quantitative estimate of drug-likeness (QED) is 0.722. The first kappa shape index (κ1) is 13.0. The molecule has 0 aromatic heterocycles. The van der Waals surface area contributed by atoms with Gasteiger partial charge in [0.1, 0.15) is 5.75 Å². The smallest absolute Gasteiger partial charge is 0.119 e. The van der Waals surface area contributed by atoms with Gasteiger partial charge in [0.2, 0.25) is 0 Å². The topological polar surface area (TPSA) is 44.5 Å². The van der Waals surface area contributed by atoms with Gasteiger partial charge in [0, 0.05) is 19.8 Å². The van der Waals surface area contributed by atoms with Crippen LogP contribution in [0.4, 0.5) is 0 Å². The second-order valence-corrected chi connectivity index (χ2v) is 3.91. The van der Waals surface area contributed by atoms with E-state index < -0.39 is 0 Å². The maximum atomic E-state index is 5.80. The highest BCUT2D eigenvalue weighted by atomic mass is 16.5. The summed E-state index contributed by atoms with van der Waals surface area (Å²) in [7, 11) is 1.72. The number of unbranched alkanes of at least 4 members (excludes halogenated alkanes) is 1. The van der Waals surface area contributed by atoms with Crippen LogP contribution < -0.4 is 10.5 Å². The van der Waals surface area contributed by atoms with Crippen molar-refractivity contribution in [3.63, 3.8) is 0 Å². The molecule has 0 aliphatic rings. The molecule has 0 saturated carbocycles. The van der Waals surface area contributed by atoms with Gasteiger partial charge in [0.15, 0.2) is 0 Å². The minimum Gasteiger partial charge on any atom is -0.494 e. The second kappa shape index (κ2) is 7.25. The maximum Gasteiger partial charge on any atom is 0.119 e. The van der Waals surface area contributed by atoms with Crippen molar-refractivity contribution in [1.29, 1.82) is 0 Å². The molecule has 0 spiro atoms. The number of methoxy groups -OCH3 is 1. The fraction of sp³-hybridized carbons (Fsp3) is 0.538. The predicted octanol–water partition coefficient (Wildman–Crippen LogP) is 2.51. The van der Waals surface area contributed by atoms with Crippen LogP contribution >= 0.6 is 0 Å². The van der Waals surface area contributed by atoms with Crippen molar-refractivity contribution in [1.82, 2.24) is 0 Å². The first-order valence-corrected chi connectivity index (χ1v) is 5.71. The highest BCUT2D eigenvalue weighted by Gasteiger charge is 2.00. The van der Waals surface area contributed by atoms with E-state index in [0.29, 0.717) is 0 Å². The van der Waals surface area contributed by atoms with E-state index in [1.54, 1.807) is 7.11 Å². The Labute approximate surface area is 97.6 Å². The normalized spacial score (nSPS) is 12.4.